The highest BCUT2D eigenvalue weighted by Crippen LogP contribution is 2.13. The van der Waals surface area contributed by atoms with Gasteiger partial charge in [-0.3, -0.25) is 4.79 Å². The van der Waals surface area contributed by atoms with Crippen LogP contribution in [0.15, 0.2) is 53.6 Å². The molecule has 0 atom stereocenters. The normalized spacial score (nSPS) is 10.4. The van der Waals surface area contributed by atoms with Gasteiger partial charge < -0.3 is 25.3 Å². The van der Waals surface area contributed by atoms with Crippen molar-refractivity contribution in [1.29, 1.82) is 0 Å². The van der Waals surface area contributed by atoms with Crippen molar-refractivity contribution in [3.63, 3.8) is 0 Å². The number of nitrogens with zero attached hydrogens (tertiary/aromatic N) is 1. The highest BCUT2D eigenvalue weighted by Gasteiger charge is 1.96. The van der Waals surface area contributed by atoms with Crippen LogP contribution in [0.1, 0.15) is 110 Å². The van der Waals surface area contributed by atoms with E-state index in [0.717, 1.165) is 13.0 Å². The number of hydrogen-bond donors (Lipinski definition) is 4. The molecule has 0 aliphatic heterocycles. The maximum Gasteiger partial charge on any atom is 0.328 e. The Labute approximate surface area is 248 Å². The van der Waals surface area contributed by atoms with E-state index in [-0.39, 0.29) is 5.43 Å². The zero-order chi connectivity index (χ0) is 31.8. The number of unbranched alkanes of at least 4 members (excludes halogenated alkanes) is 15. The van der Waals surface area contributed by atoms with Crippen molar-refractivity contribution in [2.75, 3.05) is 6.61 Å². The van der Waals surface area contributed by atoms with Gasteiger partial charge in [-0.05, 0) is 12.8 Å². The van der Waals surface area contributed by atoms with Gasteiger partial charge in [0.05, 0.1) is 0 Å². The summed E-state index contributed by atoms with van der Waals surface area (Å²) >= 11 is 0. The fourth-order valence-electron chi connectivity index (χ4n) is 3.59. The minimum absolute atomic E-state index is 0.0206. The number of carboxylic acids is 4. The van der Waals surface area contributed by atoms with E-state index in [0.29, 0.717) is 24.3 Å². The van der Waals surface area contributed by atoms with Crippen molar-refractivity contribution in [2.45, 2.75) is 110 Å². The number of rotatable bonds is 22. The van der Waals surface area contributed by atoms with E-state index in [9.17, 15) is 24.0 Å². The molecular weight excluding hydrogens is 546 g/mol. The van der Waals surface area contributed by atoms with E-state index < -0.39 is 23.9 Å². The molecule has 0 aromatic carbocycles. The van der Waals surface area contributed by atoms with Gasteiger partial charge in [-0.15, -0.1) is 0 Å². The predicted octanol–water partition coefficient (Wildman–Crippen LogP) is 5.96. The lowest BCUT2D eigenvalue weighted by atomic mass is 10.0. The number of hydrogen-bond acceptors (Lipinski definition) is 6. The molecule has 0 amide bonds. The number of carboxylic acid groups (broad SMARTS) is 4. The molecule has 0 saturated carbocycles. The molecule has 1 heterocycles. The van der Waals surface area contributed by atoms with E-state index in [4.69, 9.17) is 25.3 Å². The second kappa shape index (κ2) is 30.1. The number of carbonyl (C=O) groups is 4. The van der Waals surface area contributed by atoms with Gasteiger partial charge >= 0.3 is 23.9 Å². The van der Waals surface area contributed by atoms with Gasteiger partial charge in [0.2, 0.25) is 0 Å². The van der Waals surface area contributed by atoms with Crippen LogP contribution in [0.2, 0.25) is 0 Å². The molecular formula is C31H49NO10. The van der Waals surface area contributed by atoms with Crippen molar-refractivity contribution in [3.05, 3.63) is 59.1 Å². The second-order valence-corrected chi connectivity index (χ2v) is 9.55. The molecule has 0 spiro atoms. The van der Waals surface area contributed by atoms with Gasteiger partial charge in [-0.1, -0.05) is 96.8 Å². The summed E-state index contributed by atoms with van der Waals surface area (Å²) in [7, 11) is 0. The van der Waals surface area contributed by atoms with Crippen LogP contribution in [0.5, 0.6) is 0 Å². The summed E-state index contributed by atoms with van der Waals surface area (Å²) in [5.74, 6) is -5.03. The van der Waals surface area contributed by atoms with Gasteiger partial charge in [0.15, 0.2) is 5.43 Å². The summed E-state index contributed by atoms with van der Waals surface area (Å²) in [4.78, 5) is 54.8. The van der Waals surface area contributed by atoms with Crippen LogP contribution in [0.25, 0.3) is 0 Å². The fraction of sp³-hybridized carbons (Fsp3) is 0.581. The number of pyridine rings is 1. The molecule has 0 bridgehead atoms. The van der Waals surface area contributed by atoms with Crippen LogP contribution in [-0.2, 0) is 19.2 Å². The Balaban J connectivity index is 0. The third kappa shape index (κ3) is 36.1. The molecule has 1 aromatic heterocycles. The Bertz CT molecular complexity index is 882. The summed E-state index contributed by atoms with van der Waals surface area (Å²) in [5, 5.41) is 31.2. The molecule has 11 heteroatoms. The summed E-state index contributed by atoms with van der Waals surface area (Å²) in [6, 6.07) is 3.04. The lowest BCUT2D eigenvalue weighted by Crippen LogP contribution is -2.14. The molecule has 0 fully saturated rings. The summed E-state index contributed by atoms with van der Waals surface area (Å²) in [6.45, 7) is 3.01. The van der Waals surface area contributed by atoms with Crippen LogP contribution in [0.3, 0.4) is 0 Å². The highest BCUT2D eigenvalue weighted by atomic mass is 16.7. The van der Waals surface area contributed by atoms with E-state index in [1.807, 2.05) is 0 Å². The Morgan fingerprint density at radius 1 is 0.571 bits per heavy atom. The lowest BCUT2D eigenvalue weighted by molar-refractivity contribution is -0.134. The zero-order valence-corrected chi connectivity index (χ0v) is 24.8. The molecule has 0 unspecified atom stereocenters. The average molecular weight is 596 g/mol. The first-order valence-electron chi connectivity index (χ1n) is 14.7. The summed E-state index contributed by atoms with van der Waals surface area (Å²) < 4.78 is 1.62. The maximum absolute atomic E-state index is 11.0. The molecule has 238 valence electrons. The first-order valence-corrected chi connectivity index (χ1v) is 14.7. The third-order valence-electron chi connectivity index (χ3n) is 5.75. The minimum Gasteiger partial charge on any atom is -0.478 e. The topological polar surface area (TPSA) is 180 Å². The van der Waals surface area contributed by atoms with Crippen molar-refractivity contribution >= 4 is 23.9 Å². The molecule has 0 saturated heterocycles. The quantitative estimate of drug-likeness (QED) is 0.0922. The van der Waals surface area contributed by atoms with Gasteiger partial charge in [-0.2, -0.15) is 4.73 Å². The minimum atomic E-state index is -1.26. The van der Waals surface area contributed by atoms with Crippen molar-refractivity contribution in [3.8, 4) is 0 Å². The molecule has 42 heavy (non-hydrogen) atoms. The Morgan fingerprint density at radius 2 is 0.857 bits per heavy atom. The lowest BCUT2D eigenvalue weighted by Gasteiger charge is -2.08. The smallest absolute Gasteiger partial charge is 0.328 e. The van der Waals surface area contributed by atoms with Crippen LogP contribution in [-0.4, -0.2) is 55.6 Å². The average Bonchev–Trinajstić information content (AvgIpc) is 2.94. The van der Waals surface area contributed by atoms with Gasteiger partial charge in [0, 0.05) is 48.8 Å². The molecule has 4 N–H and O–H groups in total. The molecule has 1 rings (SSSR count). The predicted molar refractivity (Wildman–Crippen MR) is 161 cm³/mol. The molecule has 0 aliphatic carbocycles. The zero-order valence-electron chi connectivity index (χ0n) is 24.8. The third-order valence-corrected chi connectivity index (χ3v) is 5.75. The monoisotopic (exact) mass is 595 g/mol. The first kappa shape index (κ1) is 40.2. The maximum atomic E-state index is 11.0. The molecule has 1 aromatic rings. The van der Waals surface area contributed by atoms with Crippen molar-refractivity contribution < 1.29 is 44.4 Å². The van der Waals surface area contributed by atoms with Crippen molar-refractivity contribution in [1.82, 2.24) is 4.73 Å². The molecule has 0 aliphatic rings. The van der Waals surface area contributed by atoms with Crippen molar-refractivity contribution in [2.24, 2.45) is 0 Å². The molecule has 11 nitrogen and oxygen atoms in total. The first-order chi connectivity index (χ1) is 20.1. The summed E-state index contributed by atoms with van der Waals surface area (Å²) in [5.41, 5.74) is 0.0206. The van der Waals surface area contributed by atoms with Crippen LogP contribution in [0, 0.1) is 0 Å². The molecule has 0 radical (unpaired) electrons. The van der Waals surface area contributed by atoms with E-state index in [1.54, 1.807) is 17.1 Å². The van der Waals surface area contributed by atoms with E-state index in [1.165, 1.54) is 108 Å². The van der Waals surface area contributed by atoms with Gasteiger partial charge in [0.25, 0.3) is 0 Å². The summed E-state index contributed by atoms with van der Waals surface area (Å²) in [6.07, 6.45) is 27.7. The Morgan fingerprint density at radius 3 is 1.14 bits per heavy atom. The van der Waals surface area contributed by atoms with Gasteiger partial charge in [-0.25, -0.2) is 19.2 Å². The Kier molecular flexibility index (Phi) is 28.8. The van der Waals surface area contributed by atoms with Gasteiger partial charge in [0.1, 0.15) is 6.61 Å². The van der Waals surface area contributed by atoms with Crippen LogP contribution >= 0.6 is 0 Å². The van der Waals surface area contributed by atoms with Crippen LogP contribution in [0.4, 0.5) is 0 Å². The van der Waals surface area contributed by atoms with E-state index in [2.05, 4.69) is 6.92 Å². The standard InChI is InChI=1S/C23H41NO2.2C4H4O4/c1-2-3-4-5-6-7-8-9-10-11-12-13-14-15-16-17-22-26-24-20-18-23(25)19-21-24;2*5-3(6)1-2-4(7)8/h18-21H,2-17,22H2,1H3;2*1-2H,(H,5,6)(H,7,8)/b;2*2-1+. The van der Waals surface area contributed by atoms with E-state index >= 15 is 0 Å². The SMILES string of the molecule is CCCCCCCCCCCCCCCCCCOn1ccc(=O)cc1.O=C(O)/C=C/C(=O)O.O=C(O)/C=C/C(=O)O. The largest absolute Gasteiger partial charge is 0.478 e. The number of aromatic nitrogens is 1. The number of aliphatic carboxylic acids is 4. The fourth-order valence-corrected chi connectivity index (χ4v) is 3.59. The Hall–Kier alpha value is -3.89. The van der Waals surface area contributed by atoms with Crippen LogP contribution < -0.4 is 10.3 Å². The second-order valence-electron chi connectivity index (χ2n) is 9.55. The highest BCUT2D eigenvalue weighted by molar-refractivity contribution is 5.90.